The van der Waals surface area contributed by atoms with Gasteiger partial charge in [0.1, 0.15) is 12.3 Å². The topological polar surface area (TPSA) is 56.3 Å². The zero-order valence-corrected chi connectivity index (χ0v) is 23.7. The van der Waals surface area contributed by atoms with Crippen LogP contribution in [0.3, 0.4) is 0 Å². The number of hydrogen-bond donors (Lipinski definition) is 0. The van der Waals surface area contributed by atoms with Gasteiger partial charge in [-0.1, -0.05) is 12.1 Å². The van der Waals surface area contributed by atoms with Gasteiger partial charge in [-0.2, -0.15) is 13.2 Å². The number of methoxy groups -OCH3 is 1. The van der Waals surface area contributed by atoms with Crippen molar-refractivity contribution in [2.45, 2.75) is 25.1 Å². The number of carbonyl (C=O) groups excluding carboxylic acids is 2. The van der Waals surface area contributed by atoms with Gasteiger partial charge in [-0.05, 0) is 69.4 Å². The first-order chi connectivity index (χ1) is 17.7. The minimum Gasteiger partial charge on any atom is -0.497 e. The number of hydrogen-bond acceptors (Lipinski definition) is 5. The lowest BCUT2D eigenvalue weighted by Gasteiger charge is -2.42. The molecular weight excluding hydrogens is 556 g/mol. The van der Waals surface area contributed by atoms with E-state index in [4.69, 9.17) is 4.74 Å². The molecule has 216 valence electrons. The molecule has 0 spiro atoms. The number of ether oxygens (including phenoxy) is 1. The van der Waals surface area contributed by atoms with Gasteiger partial charge in [0.25, 0.3) is 5.91 Å². The maximum atomic E-state index is 13.9. The van der Waals surface area contributed by atoms with Crippen LogP contribution in [0.2, 0.25) is 0 Å². The molecule has 0 bridgehead atoms. The van der Waals surface area contributed by atoms with Crippen molar-refractivity contribution in [3.63, 3.8) is 0 Å². The molecule has 2 aromatic carbocycles. The molecule has 0 aromatic heterocycles. The monoisotopic (exact) mass is 590 g/mol. The van der Waals surface area contributed by atoms with Crippen LogP contribution in [0.15, 0.2) is 48.5 Å². The zero-order valence-electron chi connectivity index (χ0n) is 22.0. The summed E-state index contributed by atoms with van der Waals surface area (Å²) < 4.78 is 46.7. The molecule has 0 unspecified atom stereocenters. The smallest absolute Gasteiger partial charge is 0.418 e. The van der Waals surface area contributed by atoms with Crippen molar-refractivity contribution in [1.29, 1.82) is 0 Å². The lowest BCUT2D eigenvalue weighted by Crippen LogP contribution is -2.55. The average molecular weight is 592 g/mol. The molecule has 0 aliphatic carbocycles. The number of anilines is 1. The molecular formula is C27H35Cl2F3N4O3. The molecule has 4 rings (SSSR count). The average Bonchev–Trinajstić information content (AvgIpc) is 2.91. The van der Waals surface area contributed by atoms with Crippen LogP contribution < -0.4 is 9.64 Å². The van der Waals surface area contributed by atoms with Gasteiger partial charge in [0, 0.05) is 37.8 Å². The largest absolute Gasteiger partial charge is 0.497 e. The van der Waals surface area contributed by atoms with E-state index in [9.17, 15) is 22.8 Å². The van der Waals surface area contributed by atoms with Crippen LogP contribution in [0.1, 0.15) is 28.8 Å². The minimum absolute atomic E-state index is 0. The predicted octanol–water partition coefficient (Wildman–Crippen LogP) is 4.44. The third kappa shape index (κ3) is 8.00. The first-order valence-electron chi connectivity index (χ1n) is 12.5. The summed E-state index contributed by atoms with van der Waals surface area (Å²) in [5.41, 5.74) is -1.14. The maximum absolute atomic E-state index is 13.9. The molecule has 39 heavy (non-hydrogen) atoms. The molecule has 2 aliphatic rings. The normalized spacial score (nSPS) is 17.1. The quantitative estimate of drug-likeness (QED) is 0.498. The van der Waals surface area contributed by atoms with Crippen molar-refractivity contribution in [1.82, 2.24) is 14.7 Å². The molecule has 2 aromatic rings. The van der Waals surface area contributed by atoms with Crippen LogP contribution in [0.4, 0.5) is 18.9 Å². The molecule has 0 atom stereocenters. The fourth-order valence-corrected chi connectivity index (χ4v) is 5.04. The second-order valence-electron chi connectivity index (χ2n) is 9.59. The van der Waals surface area contributed by atoms with Crippen molar-refractivity contribution in [3.8, 4) is 5.75 Å². The highest BCUT2D eigenvalue weighted by Gasteiger charge is 2.37. The molecule has 7 nitrogen and oxygen atoms in total. The van der Waals surface area contributed by atoms with Crippen LogP contribution in [-0.2, 0) is 11.0 Å². The lowest BCUT2D eigenvalue weighted by atomic mass is 10.0. The molecule has 2 fully saturated rings. The Kier molecular flexibility index (Phi) is 11.9. The summed E-state index contributed by atoms with van der Waals surface area (Å²) in [5, 5.41) is 0. The Balaban J connectivity index is 0.00000267. The van der Waals surface area contributed by atoms with Crippen LogP contribution in [-0.4, -0.2) is 92.5 Å². The fourth-order valence-electron chi connectivity index (χ4n) is 5.04. The van der Waals surface area contributed by atoms with E-state index >= 15 is 0 Å². The Morgan fingerprint density at radius 3 is 2.08 bits per heavy atom. The van der Waals surface area contributed by atoms with Crippen LogP contribution in [0.25, 0.3) is 0 Å². The van der Waals surface area contributed by atoms with Crippen LogP contribution >= 0.6 is 24.8 Å². The van der Waals surface area contributed by atoms with Crippen molar-refractivity contribution >= 4 is 42.3 Å². The van der Waals surface area contributed by atoms with E-state index in [1.165, 1.54) is 37.4 Å². The summed E-state index contributed by atoms with van der Waals surface area (Å²) in [6.45, 7) is 4.01. The lowest BCUT2D eigenvalue weighted by molar-refractivity contribution is -0.137. The number of piperazine rings is 1. The highest BCUT2D eigenvalue weighted by molar-refractivity contribution is 6.09. The predicted molar refractivity (Wildman–Crippen MR) is 149 cm³/mol. The van der Waals surface area contributed by atoms with E-state index in [1.807, 2.05) is 0 Å². The highest BCUT2D eigenvalue weighted by atomic mass is 35.5. The first-order valence-corrected chi connectivity index (χ1v) is 12.5. The number of amides is 2. The van der Waals surface area contributed by atoms with Gasteiger partial charge in [-0.15, -0.1) is 24.8 Å². The van der Waals surface area contributed by atoms with E-state index in [2.05, 4.69) is 16.8 Å². The molecule has 0 saturated carbocycles. The Morgan fingerprint density at radius 2 is 1.51 bits per heavy atom. The molecule has 2 saturated heterocycles. The van der Waals surface area contributed by atoms with E-state index in [0.29, 0.717) is 38.0 Å². The number of rotatable bonds is 6. The van der Waals surface area contributed by atoms with Crippen molar-refractivity contribution in [2.75, 3.05) is 64.9 Å². The maximum Gasteiger partial charge on any atom is 0.418 e. The number of piperidine rings is 1. The number of carbonyl (C=O) groups is 2. The third-order valence-corrected chi connectivity index (χ3v) is 7.25. The second kappa shape index (κ2) is 14.2. The van der Waals surface area contributed by atoms with Gasteiger partial charge in [-0.25, -0.2) is 0 Å². The molecule has 0 N–H and O–H groups in total. The molecule has 2 aliphatic heterocycles. The number of alkyl halides is 3. The Morgan fingerprint density at radius 1 is 0.923 bits per heavy atom. The van der Waals surface area contributed by atoms with Crippen molar-refractivity contribution in [2.24, 2.45) is 0 Å². The second-order valence-corrected chi connectivity index (χ2v) is 9.59. The SMILES string of the molecule is COc1ccc(C(=O)N(CC(=O)N2CCN(C3CCN(C)CC3)CC2)c2ccccc2C(F)(F)F)cc1.Cl.Cl. The molecule has 2 amide bonds. The fraction of sp³-hybridized carbons (Fsp3) is 0.481. The van der Waals surface area contributed by atoms with E-state index in [0.717, 1.165) is 36.9 Å². The Bertz CT molecular complexity index is 1090. The molecule has 0 radical (unpaired) electrons. The summed E-state index contributed by atoms with van der Waals surface area (Å²) in [5.74, 6) is -0.545. The van der Waals surface area contributed by atoms with Gasteiger partial charge < -0.3 is 14.5 Å². The van der Waals surface area contributed by atoms with Gasteiger partial charge in [0.2, 0.25) is 5.91 Å². The first kappa shape index (κ1) is 32.7. The van der Waals surface area contributed by atoms with Crippen LogP contribution in [0.5, 0.6) is 5.75 Å². The number of likely N-dealkylation sites (tertiary alicyclic amines) is 1. The van der Waals surface area contributed by atoms with Gasteiger partial charge in [0.15, 0.2) is 0 Å². The van der Waals surface area contributed by atoms with Crippen LogP contribution in [0, 0.1) is 0 Å². The number of halogens is 5. The standard InChI is InChI=1S/C27H33F3N4O3.2ClH/c1-31-13-11-21(12-14-31)32-15-17-33(18-16-32)25(35)19-34(24-6-4-3-5-23(24)27(28,29)30)26(36)20-7-9-22(37-2)10-8-20;;/h3-10,21H,11-19H2,1-2H3;2*1H. The minimum atomic E-state index is -4.68. The summed E-state index contributed by atoms with van der Waals surface area (Å²) in [7, 11) is 3.59. The van der Waals surface area contributed by atoms with Crippen molar-refractivity contribution in [3.05, 3.63) is 59.7 Å². The highest BCUT2D eigenvalue weighted by Crippen LogP contribution is 2.37. The summed E-state index contributed by atoms with van der Waals surface area (Å²) >= 11 is 0. The third-order valence-electron chi connectivity index (χ3n) is 7.25. The number of benzene rings is 2. The van der Waals surface area contributed by atoms with Gasteiger partial charge in [0.05, 0.1) is 18.4 Å². The molecule has 2 heterocycles. The Hall–Kier alpha value is -2.53. The summed E-state index contributed by atoms with van der Waals surface area (Å²) in [4.78, 5) is 34.1. The number of nitrogens with zero attached hydrogens (tertiary/aromatic N) is 4. The molecule has 12 heteroatoms. The Labute approximate surface area is 239 Å². The van der Waals surface area contributed by atoms with E-state index in [-0.39, 0.29) is 42.0 Å². The van der Waals surface area contributed by atoms with Crippen molar-refractivity contribution < 1.29 is 27.5 Å². The summed E-state index contributed by atoms with van der Waals surface area (Å²) in [6, 6.07) is 11.4. The van der Waals surface area contributed by atoms with E-state index in [1.54, 1.807) is 17.0 Å². The number of para-hydroxylation sites is 1. The van der Waals surface area contributed by atoms with Gasteiger partial charge >= 0.3 is 6.18 Å². The van der Waals surface area contributed by atoms with E-state index < -0.39 is 24.2 Å². The zero-order chi connectivity index (χ0) is 26.6. The van der Waals surface area contributed by atoms with Gasteiger partial charge in [-0.3, -0.25) is 19.4 Å². The summed E-state index contributed by atoms with van der Waals surface area (Å²) in [6.07, 6.45) is -2.51.